The zero-order valence-electron chi connectivity index (χ0n) is 33.5. The molecule has 4 heteroatoms. The molecule has 4 nitrogen and oxygen atoms in total. The lowest BCUT2D eigenvalue weighted by atomic mass is 9.66. The van der Waals surface area contributed by atoms with Crippen LogP contribution >= 0.6 is 0 Å². The summed E-state index contributed by atoms with van der Waals surface area (Å²) in [6, 6.07) is 75.9. The summed E-state index contributed by atoms with van der Waals surface area (Å²) in [5.74, 6) is 1.81. The van der Waals surface area contributed by atoms with Crippen LogP contribution in [0.2, 0.25) is 0 Å². The van der Waals surface area contributed by atoms with Gasteiger partial charge in [0.25, 0.3) is 0 Å². The first-order valence-corrected chi connectivity index (χ1v) is 21.1. The van der Waals surface area contributed by atoms with Crippen molar-refractivity contribution in [2.24, 2.45) is 0 Å². The van der Waals surface area contributed by atoms with Gasteiger partial charge >= 0.3 is 0 Å². The van der Waals surface area contributed by atoms with Crippen LogP contribution in [0.25, 0.3) is 101 Å². The number of fused-ring (bicyclic) bond motifs is 15. The summed E-state index contributed by atoms with van der Waals surface area (Å²) in [5, 5.41) is 2.02. The van der Waals surface area contributed by atoms with E-state index in [-0.39, 0.29) is 0 Å². The summed E-state index contributed by atoms with van der Waals surface area (Å²) in [5.41, 5.74) is 18.5. The van der Waals surface area contributed by atoms with Crippen LogP contribution < -0.4 is 0 Å². The number of benzene rings is 9. The third-order valence-electron chi connectivity index (χ3n) is 13.0. The van der Waals surface area contributed by atoms with E-state index in [1.54, 1.807) is 0 Å². The summed E-state index contributed by atoms with van der Waals surface area (Å²) < 4.78 is 6.35. The second-order valence-corrected chi connectivity index (χ2v) is 16.2. The molecule has 0 atom stereocenters. The van der Waals surface area contributed by atoms with Gasteiger partial charge in [0.15, 0.2) is 17.5 Å². The van der Waals surface area contributed by atoms with Gasteiger partial charge in [-0.05, 0) is 85.0 Å². The summed E-state index contributed by atoms with van der Waals surface area (Å²) in [6.07, 6.45) is 0. The van der Waals surface area contributed by atoms with Crippen molar-refractivity contribution in [1.29, 1.82) is 0 Å². The second kappa shape index (κ2) is 13.4. The molecule has 288 valence electrons. The Kier molecular flexibility index (Phi) is 7.49. The average Bonchev–Trinajstić information content (AvgIpc) is 3.84. The maximum absolute atomic E-state index is 6.35. The molecule has 0 saturated heterocycles. The minimum atomic E-state index is -0.565. The first kappa shape index (κ1) is 34.6. The third kappa shape index (κ3) is 4.98. The molecule has 0 radical (unpaired) electrons. The van der Waals surface area contributed by atoms with Crippen molar-refractivity contribution < 1.29 is 4.42 Å². The van der Waals surface area contributed by atoms with Gasteiger partial charge in [0.05, 0.1) is 5.41 Å². The average molecular weight is 790 g/mol. The first-order valence-electron chi connectivity index (χ1n) is 21.1. The Hall–Kier alpha value is -8.21. The Morgan fingerprint density at radius 2 is 0.742 bits per heavy atom. The molecule has 0 N–H and O–H groups in total. The molecule has 11 aromatic rings. The Morgan fingerprint density at radius 1 is 0.290 bits per heavy atom. The van der Waals surface area contributed by atoms with Crippen LogP contribution in [0.1, 0.15) is 22.3 Å². The van der Waals surface area contributed by atoms with Crippen LogP contribution in [0.15, 0.2) is 217 Å². The predicted octanol–water partition coefficient (Wildman–Crippen LogP) is 14.4. The van der Waals surface area contributed by atoms with Gasteiger partial charge in [-0.15, -0.1) is 0 Å². The van der Waals surface area contributed by atoms with Crippen LogP contribution in [0.5, 0.6) is 0 Å². The van der Waals surface area contributed by atoms with Gasteiger partial charge in [0.2, 0.25) is 0 Å². The van der Waals surface area contributed by atoms with Gasteiger partial charge < -0.3 is 4.42 Å². The predicted molar refractivity (Wildman–Crippen MR) is 251 cm³/mol. The lowest BCUT2D eigenvalue weighted by molar-refractivity contribution is 0.669. The number of rotatable bonds is 4. The number of furan rings is 1. The molecule has 2 aromatic heterocycles. The molecule has 9 aromatic carbocycles. The molecule has 62 heavy (non-hydrogen) atoms. The zero-order valence-corrected chi connectivity index (χ0v) is 33.5. The van der Waals surface area contributed by atoms with E-state index in [4.69, 9.17) is 19.4 Å². The van der Waals surface area contributed by atoms with Gasteiger partial charge in [-0.25, -0.2) is 15.0 Å². The Labute approximate surface area is 358 Å². The summed E-state index contributed by atoms with van der Waals surface area (Å²) in [4.78, 5) is 15.9. The number of hydrogen-bond donors (Lipinski definition) is 0. The largest absolute Gasteiger partial charge is 0.456 e. The van der Waals surface area contributed by atoms with E-state index in [1.165, 1.54) is 55.6 Å². The van der Waals surface area contributed by atoms with Crippen LogP contribution in [0.3, 0.4) is 0 Å². The van der Waals surface area contributed by atoms with Gasteiger partial charge in [0, 0.05) is 27.5 Å². The van der Waals surface area contributed by atoms with Crippen molar-refractivity contribution in [3.63, 3.8) is 0 Å². The number of hydrogen-bond acceptors (Lipinski definition) is 4. The molecule has 0 amide bonds. The van der Waals surface area contributed by atoms with E-state index < -0.39 is 5.41 Å². The molecule has 2 aliphatic rings. The molecule has 2 heterocycles. The Bertz CT molecular complexity index is 3520. The lowest BCUT2D eigenvalue weighted by Crippen LogP contribution is -2.29. The van der Waals surface area contributed by atoms with Crippen LogP contribution in [-0.2, 0) is 5.41 Å². The fourth-order valence-electron chi connectivity index (χ4n) is 10.3. The molecule has 0 aliphatic heterocycles. The third-order valence-corrected chi connectivity index (χ3v) is 13.0. The topological polar surface area (TPSA) is 51.8 Å². The number of para-hydroxylation sites is 1. The van der Waals surface area contributed by atoms with Crippen molar-refractivity contribution in [3.05, 3.63) is 235 Å². The smallest absolute Gasteiger partial charge is 0.164 e. The zero-order chi connectivity index (χ0) is 40.8. The molecule has 0 fully saturated rings. The van der Waals surface area contributed by atoms with Crippen molar-refractivity contribution >= 4 is 21.9 Å². The van der Waals surface area contributed by atoms with Gasteiger partial charge in [-0.3, -0.25) is 0 Å². The lowest BCUT2D eigenvalue weighted by Gasteiger charge is -2.35. The standard InChI is InChI=1S/C58H35N3O/c1-2-15-36(16-3-1)37-29-31-38(32-30-37)55-59-56(61-57(60-55)46-23-14-28-53-54(46)45-22-9-13-27-52(45)62-53)39-33-34-51-47(35-39)44-21-8-12-26-50(44)58(51)48-24-10-6-19-42(48)40-17-4-5-18-41(40)43-20-7-11-25-49(43)58/h1-35H. The van der Waals surface area contributed by atoms with Gasteiger partial charge in [0.1, 0.15) is 11.2 Å². The van der Waals surface area contributed by atoms with Gasteiger partial charge in [-0.2, -0.15) is 0 Å². The molecule has 0 unspecified atom stereocenters. The highest BCUT2D eigenvalue weighted by atomic mass is 16.3. The van der Waals surface area contributed by atoms with Crippen LogP contribution in [-0.4, -0.2) is 15.0 Å². The molecular weight excluding hydrogens is 755 g/mol. The quantitative estimate of drug-likeness (QED) is 0.178. The maximum Gasteiger partial charge on any atom is 0.164 e. The minimum absolute atomic E-state index is 0.565. The summed E-state index contributed by atoms with van der Waals surface area (Å²) in [6.45, 7) is 0. The fraction of sp³-hybridized carbons (Fsp3) is 0.0172. The molecule has 13 rings (SSSR count). The van der Waals surface area contributed by atoms with E-state index in [2.05, 4.69) is 176 Å². The molecule has 0 bridgehead atoms. The number of nitrogens with zero attached hydrogens (tertiary/aromatic N) is 3. The van der Waals surface area contributed by atoms with Crippen molar-refractivity contribution in [2.45, 2.75) is 5.41 Å². The molecular formula is C58H35N3O. The van der Waals surface area contributed by atoms with E-state index in [0.29, 0.717) is 17.5 Å². The fourth-order valence-corrected chi connectivity index (χ4v) is 10.3. The van der Waals surface area contributed by atoms with Crippen molar-refractivity contribution in [2.75, 3.05) is 0 Å². The maximum atomic E-state index is 6.35. The number of aromatic nitrogens is 3. The normalized spacial score (nSPS) is 13.0. The van der Waals surface area contributed by atoms with E-state index in [1.807, 2.05) is 36.4 Å². The van der Waals surface area contributed by atoms with Gasteiger partial charge in [-0.1, -0.05) is 194 Å². The second-order valence-electron chi connectivity index (χ2n) is 16.2. The van der Waals surface area contributed by atoms with Crippen molar-refractivity contribution in [1.82, 2.24) is 15.0 Å². The van der Waals surface area contributed by atoms with E-state index >= 15 is 0 Å². The summed E-state index contributed by atoms with van der Waals surface area (Å²) in [7, 11) is 0. The van der Waals surface area contributed by atoms with E-state index in [9.17, 15) is 0 Å². The monoisotopic (exact) mass is 789 g/mol. The van der Waals surface area contributed by atoms with Crippen molar-refractivity contribution in [3.8, 4) is 78.7 Å². The molecule has 0 saturated carbocycles. The highest BCUT2D eigenvalue weighted by molar-refractivity contribution is 6.11. The highest BCUT2D eigenvalue weighted by Crippen LogP contribution is 2.61. The summed E-state index contributed by atoms with van der Waals surface area (Å²) >= 11 is 0. The van der Waals surface area contributed by atoms with Crippen LogP contribution in [0.4, 0.5) is 0 Å². The SMILES string of the molecule is c1ccc(-c2ccc(-c3nc(-c4ccc5c(c4)-c4ccccc4C54c5ccccc5-c5ccccc5-c5ccccc54)nc(-c4cccc5oc6ccccc6c45)n3)cc2)cc1. The Morgan fingerprint density at radius 3 is 1.42 bits per heavy atom. The first-order chi connectivity index (χ1) is 30.7. The minimum Gasteiger partial charge on any atom is -0.456 e. The Balaban J connectivity index is 1.05. The highest BCUT2D eigenvalue weighted by Gasteiger charge is 2.49. The van der Waals surface area contributed by atoms with E-state index in [0.717, 1.165) is 49.8 Å². The molecule has 2 aliphatic carbocycles. The molecule has 1 spiro atoms. The van der Waals surface area contributed by atoms with Crippen LogP contribution in [0, 0.1) is 0 Å².